The highest BCUT2D eigenvalue weighted by atomic mass is 16.5. The van der Waals surface area contributed by atoms with Gasteiger partial charge in [0.1, 0.15) is 12.2 Å². The highest BCUT2D eigenvalue weighted by Gasteiger charge is 2.28. The number of methoxy groups -OCH3 is 1. The topological polar surface area (TPSA) is 58.6 Å². The molecule has 0 radical (unpaired) electrons. The molecule has 1 aromatic carbocycles. The summed E-state index contributed by atoms with van der Waals surface area (Å²) < 4.78 is 5.15. The van der Waals surface area contributed by atoms with Gasteiger partial charge in [-0.25, -0.2) is 0 Å². The second-order valence-electron chi connectivity index (χ2n) is 4.99. The maximum Gasteiger partial charge on any atom is 0.252 e. The highest BCUT2D eigenvalue weighted by molar-refractivity contribution is 5.84. The van der Waals surface area contributed by atoms with Crippen LogP contribution in [0.5, 0.6) is 0 Å². The van der Waals surface area contributed by atoms with Crippen LogP contribution in [0.1, 0.15) is 37.9 Å². The van der Waals surface area contributed by atoms with E-state index in [9.17, 15) is 4.79 Å². The number of carbonyl (C=O) groups excluding carboxylic acids is 1. The normalized spacial score (nSPS) is 12.2. The van der Waals surface area contributed by atoms with E-state index in [0.29, 0.717) is 0 Å². The van der Waals surface area contributed by atoms with Gasteiger partial charge in [-0.2, -0.15) is 0 Å². The fourth-order valence-corrected chi connectivity index (χ4v) is 1.54. The third kappa shape index (κ3) is 4.37. The number of amides is 1. The van der Waals surface area contributed by atoms with Gasteiger partial charge in [-0.3, -0.25) is 4.79 Å². The molecule has 1 aromatic rings. The third-order valence-electron chi connectivity index (χ3n) is 3.13. The largest absolute Gasteiger partial charge is 0.384 e. The number of nitrogens with one attached hydrogen (secondary N) is 1. The van der Waals surface area contributed by atoms with Gasteiger partial charge in [0.15, 0.2) is 0 Å². The van der Waals surface area contributed by atoms with Crippen LogP contribution in [0.3, 0.4) is 0 Å². The lowest BCUT2D eigenvalue weighted by atomic mass is 10.0. The molecule has 0 heterocycles. The first-order valence-electron chi connectivity index (χ1n) is 6.46. The summed E-state index contributed by atoms with van der Waals surface area (Å²) in [6.07, 6.45) is 0. The van der Waals surface area contributed by atoms with E-state index in [1.54, 1.807) is 13.8 Å². The summed E-state index contributed by atoms with van der Waals surface area (Å²) in [7, 11) is 1.51. The Labute approximate surface area is 120 Å². The van der Waals surface area contributed by atoms with Crippen molar-refractivity contribution in [2.24, 2.45) is 0 Å². The lowest BCUT2D eigenvalue weighted by molar-refractivity contribution is -0.140. The van der Waals surface area contributed by atoms with Gasteiger partial charge >= 0.3 is 0 Å². The summed E-state index contributed by atoms with van der Waals surface area (Å²) in [6, 6.07) is 7.43. The third-order valence-corrected chi connectivity index (χ3v) is 3.13. The molecular weight excluding hydrogens is 254 g/mol. The summed E-state index contributed by atoms with van der Waals surface area (Å²) in [6.45, 7) is 5.21. The van der Waals surface area contributed by atoms with Crippen LogP contribution in [0.4, 0.5) is 0 Å². The number of carbonyl (C=O) groups is 1. The molecule has 4 nitrogen and oxygen atoms in total. The van der Waals surface area contributed by atoms with Gasteiger partial charge in [-0.15, -0.1) is 0 Å². The first-order chi connectivity index (χ1) is 9.40. The van der Waals surface area contributed by atoms with Crippen molar-refractivity contribution in [3.8, 4) is 11.8 Å². The molecule has 2 N–H and O–H groups in total. The maximum absolute atomic E-state index is 12.0. The smallest absolute Gasteiger partial charge is 0.252 e. The number of benzene rings is 1. The van der Waals surface area contributed by atoms with Crippen molar-refractivity contribution in [2.75, 3.05) is 13.7 Å². The van der Waals surface area contributed by atoms with Gasteiger partial charge in [0.05, 0.1) is 6.04 Å². The lowest BCUT2D eigenvalue weighted by Crippen LogP contribution is -2.44. The average molecular weight is 275 g/mol. The molecule has 1 unspecified atom stereocenters. The Bertz CT molecular complexity index is 509. The second-order valence-corrected chi connectivity index (χ2v) is 4.99. The fourth-order valence-electron chi connectivity index (χ4n) is 1.54. The van der Waals surface area contributed by atoms with Gasteiger partial charge in [0.25, 0.3) is 5.91 Å². The van der Waals surface area contributed by atoms with Gasteiger partial charge in [-0.05, 0) is 38.5 Å². The molecule has 0 aliphatic rings. The predicted molar refractivity (Wildman–Crippen MR) is 78.1 cm³/mol. The number of hydrogen-bond donors (Lipinski definition) is 2. The zero-order chi connectivity index (χ0) is 15.2. The molecule has 1 amide bonds. The van der Waals surface area contributed by atoms with E-state index in [4.69, 9.17) is 9.84 Å². The number of rotatable bonds is 4. The van der Waals surface area contributed by atoms with Crippen molar-refractivity contribution in [3.63, 3.8) is 0 Å². The van der Waals surface area contributed by atoms with Crippen molar-refractivity contribution >= 4 is 5.91 Å². The zero-order valence-electron chi connectivity index (χ0n) is 12.4. The lowest BCUT2D eigenvalue weighted by Gasteiger charge is -2.24. The summed E-state index contributed by atoms with van der Waals surface area (Å²) in [4.78, 5) is 12.0. The Morgan fingerprint density at radius 2 is 2.00 bits per heavy atom. The van der Waals surface area contributed by atoms with Gasteiger partial charge in [0, 0.05) is 12.7 Å². The molecule has 0 bridgehead atoms. The van der Waals surface area contributed by atoms with Crippen molar-refractivity contribution < 1.29 is 14.6 Å². The Morgan fingerprint density at radius 1 is 1.40 bits per heavy atom. The number of hydrogen-bond acceptors (Lipinski definition) is 3. The van der Waals surface area contributed by atoms with Crippen LogP contribution in [0.2, 0.25) is 0 Å². The van der Waals surface area contributed by atoms with Gasteiger partial charge in [0.2, 0.25) is 0 Å². The van der Waals surface area contributed by atoms with Crippen molar-refractivity contribution in [2.45, 2.75) is 32.4 Å². The van der Waals surface area contributed by atoms with Gasteiger partial charge < -0.3 is 15.2 Å². The van der Waals surface area contributed by atoms with Crippen molar-refractivity contribution in [3.05, 3.63) is 35.4 Å². The molecule has 0 saturated heterocycles. The number of aliphatic hydroxyl groups excluding tert-OH is 1. The Morgan fingerprint density at radius 3 is 2.50 bits per heavy atom. The SMILES string of the molecule is COC(C)(C)C(=O)NC(C)c1ccc(C#CCO)cc1. The van der Waals surface area contributed by atoms with E-state index in [-0.39, 0.29) is 18.6 Å². The van der Waals surface area contributed by atoms with Crippen LogP contribution in [-0.2, 0) is 9.53 Å². The molecule has 0 aliphatic carbocycles. The summed E-state index contributed by atoms with van der Waals surface area (Å²) in [5.41, 5.74) is 0.971. The molecule has 1 atom stereocenters. The zero-order valence-corrected chi connectivity index (χ0v) is 12.4. The highest BCUT2D eigenvalue weighted by Crippen LogP contribution is 2.16. The van der Waals surface area contributed by atoms with E-state index >= 15 is 0 Å². The van der Waals surface area contributed by atoms with E-state index in [1.807, 2.05) is 31.2 Å². The van der Waals surface area contributed by atoms with Crippen LogP contribution in [-0.4, -0.2) is 30.3 Å². The minimum atomic E-state index is -0.846. The first kappa shape index (κ1) is 16.2. The van der Waals surface area contributed by atoms with Crippen molar-refractivity contribution in [1.29, 1.82) is 0 Å². The minimum absolute atomic E-state index is 0.114. The van der Waals surface area contributed by atoms with Crippen LogP contribution in [0, 0.1) is 11.8 Å². The minimum Gasteiger partial charge on any atom is -0.384 e. The van der Waals surface area contributed by atoms with E-state index in [2.05, 4.69) is 17.2 Å². The Hall–Kier alpha value is -1.83. The Kier molecular flexibility index (Phi) is 5.75. The molecule has 0 fully saturated rings. The van der Waals surface area contributed by atoms with Crippen molar-refractivity contribution in [1.82, 2.24) is 5.32 Å². The summed E-state index contributed by atoms with van der Waals surface area (Å²) in [5.74, 6) is 5.26. The molecule has 0 spiro atoms. The molecule has 0 saturated carbocycles. The fraction of sp³-hybridized carbons (Fsp3) is 0.438. The monoisotopic (exact) mass is 275 g/mol. The van der Waals surface area contributed by atoms with E-state index in [1.165, 1.54) is 7.11 Å². The van der Waals surface area contributed by atoms with Crippen LogP contribution >= 0.6 is 0 Å². The Balaban J connectivity index is 2.73. The van der Waals surface area contributed by atoms with E-state index in [0.717, 1.165) is 11.1 Å². The molecule has 20 heavy (non-hydrogen) atoms. The van der Waals surface area contributed by atoms with Crippen LogP contribution in [0.15, 0.2) is 24.3 Å². The molecule has 4 heteroatoms. The first-order valence-corrected chi connectivity index (χ1v) is 6.46. The summed E-state index contributed by atoms with van der Waals surface area (Å²) >= 11 is 0. The summed E-state index contributed by atoms with van der Waals surface area (Å²) in [5, 5.41) is 11.5. The van der Waals surface area contributed by atoms with Crippen LogP contribution in [0.25, 0.3) is 0 Å². The molecule has 1 rings (SSSR count). The van der Waals surface area contributed by atoms with E-state index < -0.39 is 5.60 Å². The molecule has 0 aromatic heterocycles. The molecular formula is C16H21NO3. The van der Waals surface area contributed by atoms with Gasteiger partial charge in [-0.1, -0.05) is 24.0 Å². The quantitative estimate of drug-likeness (QED) is 0.821. The molecule has 108 valence electrons. The standard InChI is InChI=1S/C16H21NO3/c1-12(17-15(19)16(2,3)20-4)14-9-7-13(8-10-14)6-5-11-18/h7-10,12,18H,11H2,1-4H3,(H,17,19). The number of aliphatic hydroxyl groups is 1. The number of ether oxygens (including phenoxy) is 1. The maximum atomic E-state index is 12.0. The average Bonchev–Trinajstić information content (AvgIpc) is 2.45. The second kappa shape index (κ2) is 7.09. The molecule has 0 aliphatic heterocycles. The predicted octanol–water partition coefficient (Wildman–Crippen LogP) is 1.63. The van der Waals surface area contributed by atoms with Crippen LogP contribution < -0.4 is 5.32 Å².